The van der Waals surface area contributed by atoms with Crippen LogP contribution in [0.5, 0.6) is 5.75 Å². The van der Waals surface area contributed by atoms with Crippen molar-refractivity contribution in [2.45, 2.75) is 57.7 Å². The van der Waals surface area contributed by atoms with Crippen molar-refractivity contribution in [3.63, 3.8) is 0 Å². The van der Waals surface area contributed by atoms with E-state index in [1.165, 1.54) is 0 Å². The molecule has 0 radical (unpaired) electrons. The Morgan fingerprint density at radius 1 is 1.27 bits per heavy atom. The number of ether oxygens (including phenoxy) is 2. The van der Waals surface area contributed by atoms with E-state index in [1.54, 1.807) is 37.2 Å². The van der Waals surface area contributed by atoms with Gasteiger partial charge in [-0.05, 0) is 45.7 Å². The third-order valence-corrected chi connectivity index (χ3v) is 7.17. The Kier molecular flexibility index (Phi) is 7.16. The predicted octanol–water partition coefficient (Wildman–Crippen LogP) is 3.70. The number of aliphatic hydroxyl groups is 1. The number of carbonyl (C=O) groups excluding carboxylic acids is 1. The maximum absolute atomic E-state index is 12.7. The number of methoxy groups -OCH3 is 1. The van der Waals surface area contributed by atoms with Gasteiger partial charge in [0.2, 0.25) is 0 Å². The lowest BCUT2D eigenvalue weighted by molar-refractivity contribution is -0.151. The first kappa shape index (κ1) is 22.7. The number of amides is 1. The van der Waals surface area contributed by atoms with Crippen LogP contribution in [0.25, 0.3) is 0 Å². The fraction of sp³-hybridized carbons (Fsp3) is 0.565. The first-order valence-corrected chi connectivity index (χ1v) is 11.3. The van der Waals surface area contributed by atoms with Crippen LogP contribution in [-0.2, 0) is 21.6 Å². The second kappa shape index (κ2) is 9.45. The number of rotatable bonds is 7. The molecule has 1 N–H and O–H groups in total. The molecule has 1 aliphatic rings. The average Bonchev–Trinajstić information content (AvgIpc) is 2.99. The number of hydrogen-bond donors (Lipinski definition) is 1. The van der Waals surface area contributed by atoms with Crippen LogP contribution in [0.3, 0.4) is 0 Å². The molecule has 1 fully saturated rings. The minimum Gasteiger partial charge on any atom is -0.493 e. The molecule has 6 nitrogen and oxygen atoms in total. The molecule has 0 saturated carbocycles. The van der Waals surface area contributed by atoms with Crippen molar-refractivity contribution in [1.82, 2.24) is 9.88 Å². The van der Waals surface area contributed by atoms with Gasteiger partial charge >= 0.3 is 0 Å². The fourth-order valence-corrected chi connectivity index (χ4v) is 4.83. The van der Waals surface area contributed by atoms with Gasteiger partial charge in [-0.2, -0.15) is 0 Å². The maximum Gasteiger partial charge on any atom is 0.254 e. The van der Waals surface area contributed by atoms with E-state index in [-0.39, 0.29) is 5.91 Å². The lowest BCUT2D eigenvalue weighted by atomic mass is 9.96. The molecular weight excluding hydrogens is 400 g/mol. The first-order chi connectivity index (χ1) is 14.2. The highest BCUT2D eigenvalue weighted by molar-refractivity contribution is 7.11. The summed E-state index contributed by atoms with van der Waals surface area (Å²) >= 11 is 1.56. The third-order valence-electron chi connectivity index (χ3n) is 5.76. The maximum atomic E-state index is 12.7. The highest BCUT2D eigenvalue weighted by Crippen LogP contribution is 2.37. The van der Waals surface area contributed by atoms with E-state index in [9.17, 15) is 9.90 Å². The van der Waals surface area contributed by atoms with Crippen molar-refractivity contribution >= 4 is 17.2 Å². The van der Waals surface area contributed by atoms with Crippen molar-refractivity contribution < 1.29 is 19.4 Å². The topological polar surface area (TPSA) is 71.9 Å². The molecule has 0 spiro atoms. The zero-order valence-electron chi connectivity index (χ0n) is 18.3. The molecule has 1 aliphatic heterocycles. The summed E-state index contributed by atoms with van der Waals surface area (Å²) in [5.74, 6) is 0.814. The molecule has 1 aromatic carbocycles. The highest BCUT2D eigenvalue weighted by Gasteiger charge is 2.39. The van der Waals surface area contributed by atoms with Crippen LogP contribution in [0.2, 0.25) is 0 Å². The van der Waals surface area contributed by atoms with E-state index in [1.807, 2.05) is 37.3 Å². The molecule has 0 unspecified atom stereocenters. The minimum atomic E-state index is -1.000. The van der Waals surface area contributed by atoms with E-state index in [4.69, 9.17) is 14.5 Å². The first-order valence-electron chi connectivity index (χ1n) is 10.5. The summed E-state index contributed by atoms with van der Waals surface area (Å²) in [6.07, 6.45) is 2.55. The molecule has 7 heteroatoms. The highest BCUT2D eigenvalue weighted by atomic mass is 32.1. The summed E-state index contributed by atoms with van der Waals surface area (Å²) in [7, 11) is 1.55. The molecule has 164 valence electrons. The lowest BCUT2D eigenvalue weighted by Gasteiger charge is -2.30. The lowest BCUT2D eigenvalue weighted by Crippen LogP contribution is -2.47. The number of nitrogens with zero attached hydrogens (tertiary/aromatic N) is 2. The zero-order chi connectivity index (χ0) is 21.8. The minimum absolute atomic E-state index is 0.0386. The van der Waals surface area contributed by atoms with Gasteiger partial charge in [-0.1, -0.05) is 18.2 Å². The van der Waals surface area contributed by atoms with Crippen LogP contribution in [-0.4, -0.2) is 53.3 Å². The van der Waals surface area contributed by atoms with Gasteiger partial charge in [0, 0.05) is 37.9 Å². The van der Waals surface area contributed by atoms with Crippen molar-refractivity contribution in [2.24, 2.45) is 0 Å². The van der Waals surface area contributed by atoms with E-state index < -0.39 is 11.2 Å². The molecular formula is C23H32N2O4S. The van der Waals surface area contributed by atoms with Crippen molar-refractivity contribution in [1.29, 1.82) is 0 Å². The number of aryl methyl sites for hydroxylation is 1. The normalized spacial score (nSPS) is 20.1. The van der Waals surface area contributed by atoms with Gasteiger partial charge < -0.3 is 19.5 Å². The number of carbonyl (C=O) groups is 1. The van der Waals surface area contributed by atoms with Gasteiger partial charge in [0.25, 0.3) is 5.91 Å². The van der Waals surface area contributed by atoms with Crippen LogP contribution < -0.4 is 4.74 Å². The number of benzene rings is 1. The summed E-state index contributed by atoms with van der Waals surface area (Å²) < 4.78 is 11.2. The smallest absolute Gasteiger partial charge is 0.254 e. The number of likely N-dealkylation sites (tertiary alicyclic amines) is 1. The molecule has 2 aromatic rings. The molecule has 1 atom stereocenters. The van der Waals surface area contributed by atoms with Gasteiger partial charge in [0.05, 0.1) is 12.3 Å². The van der Waals surface area contributed by atoms with E-state index in [2.05, 4.69) is 0 Å². The van der Waals surface area contributed by atoms with E-state index in [0.717, 1.165) is 34.2 Å². The molecule has 30 heavy (non-hydrogen) atoms. The monoisotopic (exact) mass is 432 g/mol. The standard InChI is InChI=1S/C23H32N2O4S/c1-17-19(11-16-29-18-9-6-5-7-10-18)30-20(24-17)23(27)12-8-14-25(15-13-23)21(26)22(2,3)28-4/h5-7,9-10,27H,8,11-16H2,1-4H3/t23-/m0/s1. The van der Waals surface area contributed by atoms with Crippen molar-refractivity contribution in [3.05, 3.63) is 45.9 Å². The van der Waals surface area contributed by atoms with Crippen LogP contribution in [0.4, 0.5) is 0 Å². The fourth-order valence-electron chi connectivity index (χ4n) is 3.64. The van der Waals surface area contributed by atoms with Crippen LogP contribution in [0, 0.1) is 6.92 Å². The van der Waals surface area contributed by atoms with Gasteiger partial charge in [0.1, 0.15) is 22.0 Å². The van der Waals surface area contributed by atoms with E-state index >= 15 is 0 Å². The average molecular weight is 433 g/mol. The Bertz CT molecular complexity index is 852. The molecule has 0 bridgehead atoms. The number of aromatic nitrogens is 1. The van der Waals surface area contributed by atoms with Crippen molar-refractivity contribution in [3.8, 4) is 5.75 Å². The van der Waals surface area contributed by atoms with Crippen LogP contribution in [0.15, 0.2) is 30.3 Å². The molecule has 1 aromatic heterocycles. The number of thiazole rings is 1. The zero-order valence-corrected chi connectivity index (χ0v) is 19.1. The Balaban J connectivity index is 1.64. The second-order valence-corrected chi connectivity index (χ2v) is 9.41. The predicted molar refractivity (Wildman–Crippen MR) is 118 cm³/mol. The summed E-state index contributed by atoms with van der Waals surface area (Å²) in [6.45, 7) is 7.22. The van der Waals surface area contributed by atoms with Crippen LogP contribution >= 0.6 is 11.3 Å². The van der Waals surface area contributed by atoms with Gasteiger partial charge in [-0.15, -0.1) is 11.3 Å². The summed E-state index contributed by atoms with van der Waals surface area (Å²) in [6, 6.07) is 9.75. The second-order valence-electron chi connectivity index (χ2n) is 8.33. The molecule has 1 saturated heterocycles. The van der Waals surface area contributed by atoms with Gasteiger partial charge in [-0.3, -0.25) is 4.79 Å². The summed E-state index contributed by atoms with van der Waals surface area (Å²) in [5.41, 5.74) is -0.912. The summed E-state index contributed by atoms with van der Waals surface area (Å²) in [5, 5.41) is 12.1. The Hall–Kier alpha value is -1.96. The third kappa shape index (κ3) is 5.20. The molecule has 2 heterocycles. The van der Waals surface area contributed by atoms with Crippen LogP contribution in [0.1, 0.15) is 48.7 Å². The molecule has 0 aliphatic carbocycles. The van der Waals surface area contributed by atoms with Gasteiger partial charge in [-0.25, -0.2) is 4.98 Å². The van der Waals surface area contributed by atoms with Gasteiger partial charge in [0.15, 0.2) is 0 Å². The number of para-hydroxylation sites is 1. The Labute approximate surface area is 182 Å². The summed E-state index contributed by atoms with van der Waals surface area (Å²) in [4.78, 5) is 20.4. The Morgan fingerprint density at radius 2 is 2.00 bits per heavy atom. The molecule has 3 rings (SSSR count). The number of hydrogen-bond acceptors (Lipinski definition) is 6. The SMILES string of the molecule is COC(C)(C)C(=O)N1CCC[C@@](O)(c2nc(C)c(CCOc3ccccc3)s2)CC1. The van der Waals surface area contributed by atoms with E-state index in [0.29, 0.717) is 32.5 Å². The largest absolute Gasteiger partial charge is 0.493 e. The molecule has 1 amide bonds. The Morgan fingerprint density at radius 3 is 2.70 bits per heavy atom. The van der Waals surface area contributed by atoms with Crippen molar-refractivity contribution in [2.75, 3.05) is 26.8 Å². The quantitative estimate of drug-likeness (QED) is 0.722.